The smallest absolute Gasteiger partial charge is 0.313 e. The first kappa shape index (κ1) is 18.2. The van der Waals surface area contributed by atoms with Crippen molar-refractivity contribution in [1.82, 2.24) is 0 Å². The van der Waals surface area contributed by atoms with Gasteiger partial charge in [0.25, 0.3) is 0 Å². The zero-order valence-corrected chi connectivity index (χ0v) is 15.2. The molecule has 0 aliphatic rings. The van der Waals surface area contributed by atoms with Gasteiger partial charge < -0.3 is 9.47 Å². The normalized spacial score (nSPS) is 13.0. The summed E-state index contributed by atoms with van der Waals surface area (Å²) in [5, 5.41) is 0. The van der Waals surface area contributed by atoms with Crippen molar-refractivity contribution in [1.29, 1.82) is 0 Å². The van der Waals surface area contributed by atoms with Crippen molar-refractivity contribution in [3.63, 3.8) is 0 Å². The van der Waals surface area contributed by atoms with Crippen LogP contribution in [-0.2, 0) is 19.1 Å². The Bertz CT molecular complexity index is 682. The van der Waals surface area contributed by atoms with Crippen LogP contribution >= 0.6 is 15.9 Å². The highest BCUT2D eigenvalue weighted by Crippen LogP contribution is 2.37. The lowest BCUT2D eigenvalue weighted by atomic mass is 9.79. The second-order valence-corrected chi connectivity index (χ2v) is 6.27. The molecule has 0 saturated carbocycles. The summed E-state index contributed by atoms with van der Waals surface area (Å²) >= 11 is 3.39. The molecule has 0 saturated heterocycles. The number of carbonyl (C=O) groups is 2. The summed E-state index contributed by atoms with van der Waals surface area (Å²) in [7, 11) is 2.70. The van der Waals surface area contributed by atoms with Gasteiger partial charge in [0.2, 0.25) is 0 Å². The lowest BCUT2D eigenvalue weighted by Gasteiger charge is -2.25. The molecule has 0 bridgehead atoms. The number of benzene rings is 2. The summed E-state index contributed by atoms with van der Waals surface area (Å²) in [6.45, 7) is 0. The monoisotopic (exact) mass is 390 g/mol. The fraction of sp³-hybridized carbons (Fsp3) is 0.263. The minimum absolute atomic E-state index is 0.0936. The largest absolute Gasteiger partial charge is 0.469 e. The van der Waals surface area contributed by atoms with E-state index in [0.717, 1.165) is 15.6 Å². The Hall–Kier alpha value is -2.14. The predicted molar refractivity (Wildman–Crippen MR) is 94.7 cm³/mol. The Morgan fingerprint density at radius 1 is 0.917 bits per heavy atom. The maximum Gasteiger partial charge on any atom is 0.313 e. The molecule has 0 aliphatic heterocycles. The van der Waals surface area contributed by atoms with E-state index in [9.17, 15) is 9.59 Å². The number of hydrogen-bond donors (Lipinski definition) is 0. The average molecular weight is 391 g/mol. The van der Waals surface area contributed by atoms with Crippen molar-refractivity contribution >= 4 is 27.9 Å². The van der Waals surface area contributed by atoms with Gasteiger partial charge in [0.15, 0.2) is 0 Å². The van der Waals surface area contributed by atoms with Gasteiger partial charge in [-0.1, -0.05) is 58.4 Å². The molecule has 0 heterocycles. The molecule has 24 heavy (non-hydrogen) atoms. The van der Waals surface area contributed by atoms with E-state index in [1.807, 2.05) is 54.6 Å². The van der Waals surface area contributed by atoms with Crippen molar-refractivity contribution in [2.75, 3.05) is 14.2 Å². The number of rotatable bonds is 6. The number of hydrogen-bond acceptors (Lipinski definition) is 4. The lowest BCUT2D eigenvalue weighted by molar-refractivity contribution is -0.144. The summed E-state index contributed by atoms with van der Waals surface area (Å²) < 4.78 is 10.7. The van der Waals surface area contributed by atoms with Crippen LogP contribution in [0, 0.1) is 0 Å². The van der Waals surface area contributed by atoms with Gasteiger partial charge in [0.1, 0.15) is 0 Å². The maximum absolute atomic E-state index is 12.5. The van der Waals surface area contributed by atoms with Crippen LogP contribution in [0.15, 0.2) is 59.1 Å². The zero-order chi connectivity index (χ0) is 17.5. The van der Waals surface area contributed by atoms with Gasteiger partial charge in [-0.2, -0.15) is 0 Å². The molecule has 4 nitrogen and oxygen atoms in total. The van der Waals surface area contributed by atoms with E-state index < -0.39 is 5.92 Å². The summed E-state index contributed by atoms with van der Waals surface area (Å²) in [6, 6.07) is 16.9. The SMILES string of the molecule is COC(=O)C[C@@H](c1ccccc1)[C@@H](C(=O)OC)c1ccc(Br)cc1. The first-order chi connectivity index (χ1) is 11.6. The number of methoxy groups -OCH3 is 2. The fourth-order valence-electron chi connectivity index (χ4n) is 2.72. The van der Waals surface area contributed by atoms with Gasteiger partial charge in [-0.3, -0.25) is 9.59 Å². The third-order valence-electron chi connectivity index (χ3n) is 3.93. The molecule has 126 valence electrons. The summed E-state index contributed by atoms with van der Waals surface area (Å²) in [4.78, 5) is 24.4. The molecule has 2 atom stereocenters. The molecule has 2 aromatic carbocycles. The van der Waals surface area contributed by atoms with Crippen molar-refractivity contribution in [3.8, 4) is 0 Å². The molecule has 0 unspecified atom stereocenters. The fourth-order valence-corrected chi connectivity index (χ4v) is 2.99. The van der Waals surface area contributed by atoms with Crippen LogP contribution in [-0.4, -0.2) is 26.2 Å². The third kappa shape index (κ3) is 4.45. The van der Waals surface area contributed by atoms with Gasteiger partial charge in [0.05, 0.1) is 26.6 Å². The molecule has 2 rings (SSSR count). The molecule has 2 aromatic rings. The minimum Gasteiger partial charge on any atom is -0.469 e. The Morgan fingerprint density at radius 3 is 2.08 bits per heavy atom. The number of esters is 2. The number of carbonyl (C=O) groups excluding carboxylic acids is 2. The number of ether oxygens (including phenoxy) is 2. The second-order valence-electron chi connectivity index (χ2n) is 5.35. The first-order valence-electron chi connectivity index (χ1n) is 7.52. The van der Waals surface area contributed by atoms with Crippen LogP contribution in [0.2, 0.25) is 0 Å². The molecular weight excluding hydrogens is 372 g/mol. The highest BCUT2D eigenvalue weighted by atomic mass is 79.9. The average Bonchev–Trinajstić information content (AvgIpc) is 2.62. The minimum atomic E-state index is -0.593. The summed E-state index contributed by atoms with van der Waals surface area (Å²) in [5.74, 6) is -1.71. The summed E-state index contributed by atoms with van der Waals surface area (Å²) in [5.41, 5.74) is 1.68. The van der Waals surface area contributed by atoms with Gasteiger partial charge in [-0.15, -0.1) is 0 Å². The molecule has 0 N–H and O–H groups in total. The Balaban J connectivity index is 2.49. The topological polar surface area (TPSA) is 52.6 Å². The van der Waals surface area contributed by atoms with Gasteiger partial charge >= 0.3 is 11.9 Å². The van der Waals surface area contributed by atoms with E-state index in [4.69, 9.17) is 9.47 Å². The third-order valence-corrected chi connectivity index (χ3v) is 4.46. The van der Waals surface area contributed by atoms with E-state index in [1.54, 1.807) is 0 Å². The van der Waals surface area contributed by atoms with Crippen molar-refractivity contribution < 1.29 is 19.1 Å². The standard InChI is InChI=1S/C19H19BrO4/c1-23-17(21)12-16(13-6-4-3-5-7-13)18(19(22)24-2)14-8-10-15(20)11-9-14/h3-11,16,18H,12H2,1-2H3/t16-,18-/m0/s1. The van der Waals surface area contributed by atoms with E-state index in [1.165, 1.54) is 14.2 Å². The van der Waals surface area contributed by atoms with Gasteiger partial charge in [-0.05, 0) is 23.3 Å². The molecule has 0 amide bonds. The Kier molecular flexibility index (Phi) is 6.55. The quantitative estimate of drug-likeness (QED) is 0.698. The van der Waals surface area contributed by atoms with E-state index in [0.29, 0.717) is 0 Å². The van der Waals surface area contributed by atoms with Crippen LogP contribution in [0.1, 0.15) is 29.4 Å². The summed E-state index contributed by atoms with van der Waals surface area (Å²) in [6.07, 6.45) is 0.0936. The predicted octanol–water partition coefficient (Wildman–Crippen LogP) is 4.05. The van der Waals surface area contributed by atoms with Crippen LogP contribution in [0.5, 0.6) is 0 Å². The highest BCUT2D eigenvalue weighted by molar-refractivity contribution is 9.10. The number of halogens is 1. The van der Waals surface area contributed by atoms with Crippen molar-refractivity contribution in [2.45, 2.75) is 18.3 Å². The Labute approximate surface area is 149 Å². The van der Waals surface area contributed by atoms with Crippen LogP contribution in [0.25, 0.3) is 0 Å². The van der Waals surface area contributed by atoms with E-state index in [-0.39, 0.29) is 24.3 Å². The van der Waals surface area contributed by atoms with E-state index >= 15 is 0 Å². The van der Waals surface area contributed by atoms with Gasteiger partial charge in [-0.25, -0.2) is 0 Å². The molecule has 5 heteroatoms. The van der Waals surface area contributed by atoms with Crippen molar-refractivity contribution in [2.24, 2.45) is 0 Å². The maximum atomic E-state index is 12.5. The first-order valence-corrected chi connectivity index (χ1v) is 8.31. The molecule has 0 aliphatic carbocycles. The van der Waals surface area contributed by atoms with E-state index in [2.05, 4.69) is 15.9 Å². The molecular formula is C19H19BrO4. The van der Waals surface area contributed by atoms with Crippen molar-refractivity contribution in [3.05, 3.63) is 70.2 Å². The lowest BCUT2D eigenvalue weighted by Crippen LogP contribution is -2.24. The molecule has 0 aromatic heterocycles. The van der Waals surface area contributed by atoms with Gasteiger partial charge in [0, 0.05) is 10.4 Å². The molecule has 0 spiro atoms. The second kappa shape index (κ2) is 8.64. The Morgan fingerprint density at radius 2 is 1.54 bits per heavy atom. The van der Waals surface area contributed by atoms with Crippen LogP contribution < -0.4 is 0 Å². The zero-order valence-electron chi connectivity index (χ0n) is 13.6. The highest BCUT2D eigenvalue weighted by Gasteiger charge is 2.33. The van der Waals surface area contributed by atoms with Crippen LogP contribution in [0.3, 0.4) is 0 Å². The molecule has 0 fully saturated rings. The van der Waals surface area contributed by atoms with Crippen LogP contribution in [0.4, 0.5) is 0 Å². The molecule has 0 radical (unpaired) electrons.